The topological polar surface area (TPSA) is 65.5 Å². The van der Waals surface area contributed by atoms with E-state index in [0.29, 0.717) is 12.1 Å². The fourth-order valence-electron chi connectivity index (χ4n) is 2.55. The maximum absolute atomic E-state index is 10.0. The van der Waals surface area contributed by atoms with E-state index in [9.17, 15) is 4.79 Å². The molecule has 2 heterocycles. The number of rotatable bonds is 2. The second-order valence-electron chi connectivity index (χ2n) is 5.33. The summed E-state index contributed by atoms with van der Waals surface area (Å²) in [6.07, 6.45) is 9.13. The Morgan fingerprint density at radius 1 is 1.00 bits per heavy atom. The van der Waals surface area contributed by atoms with Crippen LogP contribution in [-0.4, -0.2) is 36.1 Å². The first-order valence-corrected chi connectivity index (χ1v) is 7.30. The van der Waals surface area contributed by atoms with E-state index >= 15 is 0 Å². The predicted molar refractivity (Wildman–Crippen MR) is 78.8 cm³/mol. The summed E-state index contributed by atoms with van der Waals surface area (Å²) in [6.45, 7) is 5.04. The van der Waals surface area contributed by atoms with Gasteiger partial charge in [0.25, 0.3) is 0 Å². The van der Waals surface area contributed by atoms with E-state index < -0.39 is 0 Å². The molecular formula is C15H26IrN2O2-2. The minimum absolute atomic E-state index is 0. The molecule has 2 aliphatic rings. The third kappa shape index (κ3) is 8.85. The normalized spacial score (nSPS) is 26.8. The molecule has 20 heavy (non-hydrogen) atoms. The average molecular weight is 459 g/mol. The van der Waals surface area contributed by atoms with Gasteiger partial charge in [0.1, 0.15) is 0 Å². The first-order valence-electron chi connectivity index (χ1n) is 7.30. The number of aliphatic hydroxyl groups is 1. The van der Waals surface area contributed by atoms with Crippen molar-refractivity contribution in [1.82, 2.24) is 0 Å². The van der Waals surface area contributed by atoms with Crippen LogP contribution in [0.3, 0.4) is 0 Å². The largest absolute Gasteiger partial charge is 0.661 e. The number of aliphatic hydroxyl groups excluding tert-OH is 1. The van der Waals surface area contributed by atoms with E-state index in [0.717, 1.165) is 13.1 Å². The monoisotopic (exact) mass is 459 g/mol. The predicted octanol–water partition coefficient (Wildman–Crippen LogP) is 3.87. The molecule has 2 saturated heterocycles. The molecule has 0 spiro atoms. The molecule has 5 heteroatoms. The van der Waals surface area contributed by atoms with Crippen LogP contribution in [-0.2, 0) is 24.9 Å². The minimum atomic E-state index is -0.125. The summed E-state index contributed by atoms with van der Waals surface area (Å²) in [5.74, 6) is -0.0625. The first-order chi connectivity index (χ1) is 9.09. The van der Waals surface area contributed by atoms with Crippen LogP contribution in [0.1, 0.15) is 52.4 Å². The molecule has 1 radical (unpaired) electrons. The van der Waals surface area contributed by atoms with Gasteiger partial charge in [-0.25, -0.2) is 0 Å². The second kappa shape index (κ2) is 11.4. The van der Waals surface area contributed by atoms with Gasteiger partial charge in [-0.15, -0.1) is 13.1 Å². The second-order valence-corrected chi connectivity index (χ2v) is 5.33. The smallest absolute Gasteiger partial charge is 0.155 e. The average Bonchev–Trinajstić information content (AvgIpc) is 2.40. The number of hydrogen-bond donors (Lipinski definition) is 1. The molecule has 1 N–H and O–H groups in total. The molecule has 0 aliphatic carbocycles. The summed E-state index contributed by atoms with van der Waals surface area (Å²) in [5.41, 5.74) is 0. The van der Waals surface area contributed by atoms with Crippen LogP contribution in [0.2, 0.25) is 0 Å². The van der Waals surface area contributed by atoms with Crippen LogP contribution in [0.4, 0.5) is 0 Å². The van der Waals surface area contributed by atoms with Gasteiger partial charge in [-0.05, 0) is 13.8 Å². The standard InChI is InChI=1S/C10H18N2.C5H8O2.Ir/c1-3-7-11-9(5-1)10-6-2-4-8-12-10;1-4(6)3-5(2)7;/h9-10H,1-8H2;3,6H,1-2H3;/q-2;;/b;4-3-;. The summed E-state index contributed by atoms with van der Waals surface area (Å²) in [5, 5.41) is 17.7. The number of ketones is 1. The Labute approximate surface area is 136 Å². The number of carbonyl (C=O) groups is 1. The van der Waals surface area contributed by atoms with Gasteiger partial charge >= 0.3 is 0 Å². The fraction of sp³-hybridized carbons (Fsp3) is 0.800. The quantitative estimate of drug-likeness (QED) is 0.504. The number of hydrogen-bond acceptors (Lipinski definition) is 2. The molecule has 2 unspecified atom stereocenters. The molecule has 0 aromatic carbocycles. The van der Waals surface area contributed by atoms with Crippen LogP contribution in [0.15, 0.2) is 11.8 Å². The summed E-state index contributed by atoms with van der Waals surface area (Å²) < 4.78 is 0. The Kier molecular flexibility index (Phi) is 11.3. The Balaban J connectivity index is 0.000000396. The summed E-state index contributed by atoms with van der Waals surface area (Å²) >= 11 is 0. The molecule has 0 amide bonds. The van der Waals surface area contributed by atoms with Crippen molar-refractivity contribution in [3.63, 3.8) is 0 Å². The van der Waals surface area contributed by atoms with Gasteiger partial charge in [-0.1, -0.05) is 38.5 Å². The zero-order chi connectivity index (χ0) is 14.1. The molecule has 0 aromatic heterocycles. The third-order valence-electron chi connectivity index (χ3n) is 3.40. The number of allylic oxidation sites excluding steroid dienone is 2. The molecule has 0 saturated carbocycles. The van der Waals surface area contributed by atoms with Gasteiger partial charge in [0.05, 0.1) is 5.76 Å². The number of nitrogens with zero attached hydrogens (tertiary/aromatic N) is 2. The van der Waals surface area contributed by atoms with E-state index in [-0.39, 0.29) is 31.6 Å². The van der Waals surface area contributed by atoms with Crippen molar-refractivity contribution in [2.24, 2.45) is 0 Å². The van der Waals surface area contributed by atoms with Crippen molar-refractivity contribution in [3.05, 3.63) is 22.5 Å². The van der Waals surface area contributed by atoms with Crippen molar-refractivity contribution in [1.29, 1.82) is 0 Å². The van der Waals surface area contributed by atoms with Gasteiger partial charge < -0.3 is 15.7 Å². The summed E-state index contributed by atoms with van der Waals surface area (Å²) in [6, 6.07) is 1.19. The van der Waals surface area contributed by atoms with Gasteiger partial charge in [-0.3, -0.25) is 4.79 Å². The summed E-state index contributed by atoms with van der Waals surface area (Å²) in [7, 11) is 0. The van der Waals surface area contributed by atoms with Crippen molar-refractivity contribution in [2.75, 3.05) is 13.1 Å². The van der Waals surface area contributed by atoms with Crippen LogP contribution < -0.4 is 0 Å². The van der Waals surface area contributed by atoms with Crippen LogP contribution in [0.25, 0.3) is 10.6 Å². The van der Waals surface area contributed by atoms with Gasteiger partial charge in [0.2, 0.25) is 0 Å². The van der Waals surface area contributed by atoms with E-state index in [1.807, 2.05) is 0 Å². The minimum Gasteiger partial charge on any atom is -0.661 e. The molecule has 2 atom stereocenters. The van der Waals surface area contributed by atoms with Crippen LogP contribution in [0, 0.1) is 0 Å². The van der Waals surface area contributed by atoms with Crippen molar-refractivity contribution >= 4 is 5.78 Å². The Bertz CT molecular complexity index is 276. The van der Waals surface area contributed by atoms with E-state index in [2.05, 4.69) is 10.6 Å². The third-order valence-corrected chi connectivity index (χ3v) is 3.40. The molecule has 0 aromatic rings. The molecule has 0 bridgehead atoms. The van der Waals surface area contributed by atoms with E-state index in [1.54, 1.807) is 0 Å². The molecule has 119 valence electrons. The molecule has 4 nitrogen and oxygen atoms in total. The fourth-order valence-corrected chi connectivity index (χ4v) is 2.55. The Morgan fingerprint density at radius 2 is 1.45 bits per heavy atom. The van der Waals surface area contributed by atoms with Gasteiger partial charge in [0.15, 0.2) is 5.78 Å². The maximum atomic E-state index is 10.0. The Hall–Kier alpha value is -0.221. The summed E-state index contributed by atoms with van der Waals surface area (Å²) in [4.78, 5) is 10.0. The van der Waals surface area contributed by atoms with Crippen molar-refractivity contribution < 1.29 is 30.0 Å². The molecular weight excluding hydrogens is 432 g/mol. The number of piperidine rings is 2. The van der Waals surface area contributed by atoms with Gasteiger partial charge in [0, 0.05) is 26.2 Å². The van der Waals surface area contributed by atoms with Gasteiger partial charge in [-0.2, -0.15) is 12.1 Å². The van der Waals surface area contributed by atoms with E-state index in [1.165, 1.54) is 58.4 Å². The molecule has 2 fully saturated rings. The molecule has 2 rings (SSSR count). The Morgan fingerprint density at radius 3 is 1.65 bits per heavy atom. The van der Waals surface area contributed by atoms with E-state index in [4.69, 9.17) is 5.11 Å². The zero-order valence-electron chi connectivity index (χ0n) is 12.5. The zero-order valence-corrected chi connectivity index (χ0v) is 14.9. The first kappa shape index (κ1) is 19.8. The number of carbonyl (C=O) groups excluding carboxylic acids is 1. The van der Waals surface area contributed by atoms with Crippen molar-refractivity contribution in [3.8, 4) is 0 Å². The SMILES string of the molecule is C1CCC(C2CCCC[N-]2)[N-]C1.CC(=O)/C=C(/C)O.[Ir]. The van der Waals surface area contributed by atoms with Crippen molar-refractivity contribution in [2.45, 2.75) is 64.5 Å². The maximum Gasteiger partial charge on any atom is 0.155 e. The van der Waals surface area contributed by atoms with Crippen LogP contribution in [0.5, 0.6) is 0 Å². The molecule has 2 aliphatic heterocycles. The van der Waals surface area contributed by atoms with Crippen LogP contribution >= 0.6 is 0 Å².